The Morgan fingerprint density at radius 3 is 2.23 bits per heavy atom. The van der Waals surface area contributed by atoms with E-state index in [-0.39, 0.29) is 5.91 Å². The van der Waals surface area contributed by atoms with Gasteiger partial charge in [0.15, 0.2) is 0 Å². The number of amides is 1. The molecule has 1 heterocycles. The van der Waals surface area contributed by atoms with Crippen LogP contribution in [0.4, 0.5) is 0 Å². The number of carbonyl (C=O) groups excluding carboxylic acids is 1. The van der Waals surface area contributed by atoms with Gasteiger partial charge in [-0.25, -0.2) is 0 Å². The molecule has 3 aromatic rings. The quantitative estimate of drug-likeness (QED) is 0.676. The lowest BCUT2D eigenvalue weighted by Gasteiger charge is -2.17. The molecule has 26 heavy (non-hydrogen) atoms. The number of benzene rings is 2. The molecule has 0 saturated heterocycles. The molecule has 0 saturated carbocycles. The number of rotatable bonds is 6. The van der Waals surface area contributed by atoms with Gasteiger partial charge in [0, 0.05) is 32.0 Å². The summed E-state index contributed by atoms with van der Waals surface area (Å²) in [5.41, 5.74) is 4.39. The molecule has 0 bridgehead atoms. The maximum Gasteiger partial charge on any atom is 0.247 e. The van der Waals surface area contributed by atoms with Crippen molar-refractivity contribution in [3.8, 4) is 11.5 Å². The molecule has 0 aliphatic heterocycles. The SMILES string of the molecule is Cc1ccc(CN(C)C(=O)CCc2nnc(-c3ccc(C)cc3)o2)cc1. The summed E-state index contributed by atoms with van der Waals surface area (Å²) in [6, 6.07) is 16.1. The van der Waals surface area contributed by atoms with Gasteiger partial charge in [0.2, 0.25) is 17.7 Å². The molecule has 3 rings (SSSR count). The summed E-state index contributed by atoms with van der Waals surface area (Å²) in [6.07, 6.45) is 0.786. The Hall–Kier alpha value is -2.95. The van der Waals surface area contributed by atoms with E-state index in [4.69, 9.17) is 4.42 Å². The van der Waals surface area contributed by atoms with Gasteiger partial charge in [-0.05, 0) is 31.5 Å². The third kappa shape index (κ3) is 4.57. The zero-order chi connectivity index (χ0) is 18.5. The number of carbonyl (C=O) groups is 1. The molecule has 0 fully saturated rings. The summed E-state index contributed by atoms with van der Waals surface area (Å²) in [5, 5.41) is 8.13. The van der Waals surface area contributed by atoms with Crippen LogP contribution in [0.2, 0.25) is 0 Å². The van der Waals surface area contributed by atoms with Crippen LogP contribution < -0.4 is 0 Å². The van der Waals surface area contributed by atoms with Crippen LogP contribution in [-0.2, 0) is 17.8 Å². The standard InChI is InChI=1S/C21H23N3O2/c1-15-4-8-17(9-5-15)14-24(3)20(25)13-12-19-22-23-21(26-19)18-10-6-16(2)7-11-18/h4-11H,12-14H2,1-3H3. The normalized spacial score (nSPS) is 10.7. The number of aromatic nitrogens is 2. The first-order chi connectivity index (χ1) is 12.5. The van der Waals surface area contributed by atoms with Gasteiger partial charge in [-0.2, -0.15) is 0 Å². The molecule has 0 unspecified atom stereocenters. The van der Waals surface area contributed by atoms with E-state index in [2.05, 4.69) is 22.3 Å². The maximum absolute atomic E-state index is 12.3. The van der Waals surface area contributed by atoms with E-state index in [0.717, 1.165) is 11.1 Å². The largest absolute Gasteiger partial charge is 0.421 e. The highest BCUT2D eigenvalue weighted by Crippen LogP contribution is 2.19. The minimum atomic E-state index is 0.0562. The molecule has 0 radical (unpaired) electrons. The minimum Gasteiger partial charge on any atom is -0.421 e. The van der Waals surface area contributed by atoms with Crippen LogP contribution in [0, 0.1) is 13.8 Å². The average molecular weight is 349 g/mol. The van der Waals surface area contributed by atoms with E-state index in [0.29, 0.717) is 31.2 Å². The molecule has 5 heteroatoms. The molecule has 1 aromatic heterocycles. The van der Waals surface area contributed by atoms with Crippen molar-refractivity contribution in [1.29, 1.82) is 0 Å². The first-order valence-corrected chi connectivity index (χ1v) is 8.70. The second-order valence-corrected chi connectivity index (χ2v) is 6.60. The van der Waals surface area contributed by atoms with E-state index in [1.54, 1.807) is 4.90 Å². The van der Waals surface area contributed by atoms with Crippen molar-refractivity contribution in [2.24, 2.45) is 0 Å². The molecule has 2 aromatic carbocycles. The van der Waals surface area contributed by atoms with E-state index in [9.17, 15) is 4.79 Å². The van der Waals surface area contributed by atoms with Crippen molar-refractivity contribution < 1.29 is 9.21 Å². The minimum absolute atomic E-state index is 0.0562. The predicted octanol–water partition coefficient (Wildman–Crippen LogP) is 3.94. The van der Waals surface area contributed by atoms with E-state index in [1.165, 1.54) is 11.1 Å². The zero-order valence-corrected chi connectivity index (χ0v) is 15.4. The van der Waals surface area contributed by atoms with Crippen molar-refractivity contribution >= 4 is 5.91 Å². The molecule has 5 nitrogen and oxygen atoms in total. The predicted molar refractivity (Wildman–Crippen MR) is 100 cm³/mol. The summed E-state index contributed by atoms with van der Waals surface area (Å²) in [5.74, 6) is 1.03. The van der Waals surface area contributed by atoms with Gasteiger partial charge in [-0.3, -0.25) is 4.79 Å². The Kier molecular flexibility index (Phi) is 5.46. The highest BCUT2D eigenvalue weighted by atomic mass is 16.4. The lowest BCUT2D eigenvalue weighted by atomic mass is 10.1. The summed E-state index contributed by atoms with van der Waals surface area (Å²) < 4.78 is 5.68. The van der Waals surface area contributed by atoms with Crippen LogP contribution in [0.5, 0.6) is 0 Å². The Bertz CT molecular complexity index is 867. The van der Waals surface area contributed by atoms with Crippen molar-refractivity contribution in [2.75, 3.05) is 7.05 Å². The Morgan fingerprint density at radius 1 is 0.962 bits per heavy atom. The third-order valence-electron chi connectivity index (χ3n) is 4.28. The fourth-order valence-electron chi connectivity index (χ4n) is 2.63. The Labute approximate surface area is 153 Å². The number of hydrogen-bond acceptors (Lipinski definition) is 4. The fraction of sp³-hybridized carbons (Fsp3) is 0.286. The van der Waals surface area contributed by atoms with E-state index >= 15 is 0 Å². The van der Waals surface area contributed by atoms with Crippen molar-refractivity contribution in [3.05, 3.63) is 71.1 Å². The van der Waals surface area contributed by atoms with Gasteiger partial charge in [0.25, 0.3) is 0 Å². The Morgan fingerprint density at radius 2 is 1.58 bits per heavy atom. The second kappa shape index (κ2) is 7.95. The topological polar surface area (TPSA) is 59.2 Å². The van der Waals surface area contributed by atoms with Crippen LogP contribution >= 0.6 is 0 Å². The summed E-state index contributed by atoms with van der Waals surface area (Å²) in [6.45, 7) is 4.67. The molecule has 0 aliphatic carbocycles. The Balaban J connectivity index is 1.54. The van der Waals surface area contributed by atoms with Crippen molar-refractivity contribution in [2.45, 2.75) is 33.2 Å². The molecule has 1 amide bonds. The molecule has 0 N–H and O–H groups in total. The smallest absolute Gasteiger partial charge is 0.247 e. The number of hydrogen-bond donors (Lipinski definition) is 0. The number of aryl methyl sites for hydroxylation is 3. The van der Waals surface area contributed by atoms with Gasteiger partial charge >= 0.3 is 0 Å². The van der Waals surface area contributed by atoms with Crippen molar-refractivity contribution in [1.82, 2.24) is 15.1 Å². The average Bonchev–Trinajstić information content (AvgIpc) is 3.11. The molecular formula is C21H23N3O2. The maximum atomic E-state index is 12.3. The molecule has 0 aliphatic rings. The summed E-state index contributed by atoms with van der Waals surface area (Å²) in [7, 11) is 1.81. The molecule has 134 valence electrons. The van der Waals surface area contributed by atoms with Crippen molar-refractivity contribution in [3.63, 3.8) is 0 Å². The van der Waals surface area contributed by atoms with Gasteiger partial charge in [0.1, 0.15) is 0 Å². The fourth-order valence-corrected chi connectivity index (χ4v) is 2.63. The van der Waals surface area contributed by atoms with Gasteiger partial charge < -0.3 is 9.32 Å². The van der Waals surface area contributed by atoms with Crippen LogP contribution in [-0.4, -0.2) is 28.1 Å². The highest BCUT2D eigenvalue weighted by Gasteiger charge is 2.13. The lowest BCUT2D eigenvalue weighted by molar-refractivity contribution is -0.130. The first kappa shape index (κ1) is 17.9. The zero-order valence-electron chi connectivity index (χ0n) is 15.4. The van der Waals surface area contributed by atoms with Crippen LogP contribution in [0.25, 0.3) is 11.5 Å². The lowest BCUT2D eigenvalue weighted by Crippen LogP contribution is -2.26. The molecular weight excluding hydrogens is 326 g/mol. The van der Waals surface area contributed by atoms with Gasteiger partial charge in [0.05, 0.1) is 0 Å². The monoisotopic (exact) mass is 349 g/mol. The van der Waals surface area contributed by atoms with E-state index in [1.807, 2.05) is 57.3 Å². The van der Waals surface area contributed by atoms with Crippen LogP contribution in [0.1, 0.15) is 29.0 Å². The summed E-state index contributed by atoms with van der Waals surface area (Å²) in [4.78, 5) is 14.1. The summed E-state index contributed by atoms with van der Waals surface area (Å²) >= 11 is 0. The van der Waals surface area contributed by atoms with Crippen LogP contribution in [0.15, 0.2) is 52.9 Å². The first-order valence-electron chi connectivity index (χ1n) is 8.70. The van der Waals surface area contributed by atoms with Crippen LogP contribution in [0.3, 0.4) is 0 Å². The third-order valence-corrected chi connectivity index (χ3v) is 4.28. The molecule has 0 atom stereocenters. The second-order valence-electron chi connectivity index (χ2n) is 6.60. The van der Waals surface area contributed by atoms with Gasteiger partial charge in [-0.1, -0.05) is 47.5 Å². The van der Waals surface area contributed by atoms with E-state index < -0.39 is 0 Å². The highest BCUT2D eigenvalue weighted by molar-refractivity contribution is 5.76. The molecule has 0 spiro atoms. The number of nitrogens with zero attached hydrogens (tertiary/aromatic N) is 3. The van der Waals surface area contributed by atoms with Gasteiger partial charge in [-0.15, -0.1) is 10.2 Å².